The van der Waals surface area contributed by atoms with E-state index in [0.717, 1.165) is 23.6 Å². The van der Waals surface area contributed by atoms with Crippen LogP contribution in [0.25, 0.3) is 11.4 Å². The van der Waals surface area contributed by atoms with Crippen LogP contribution in [-0.2, 0) is 0 Å². The molecule has 2 fully saturated rings. The number of nitrogens with zero attached hydrogens (tertiary/aromatic N) is 2. The van der Waals surface area contributed by atoms with Gasteiger partial charge in [0.1, 0.15) is 5.75 Å². The molecule has 4 rings (SSSR count). The second-order valence-corrected chi connectivity index (χ2v) is 5.57. The SMILES string of the molecule is COc1ccc(-c2noc(C3CC4CCC3N4)n2)cc1. The quantitative estimate of drug-likeness (QED) is 0.928. The van der Waals surface area contributed by atoms with Crippen molar-refractivity contribution in [2.75, 3.05) is 7.11 Å². The van der Waals surface area contributed by atoms with Crippen LogP contribution in [0, 0.1) is 0 Å². The van der Waals surface area contributed by atoms with Gasteiger partial charge in [0, 0.05) is 17.6 Å². The number of methoxy groups -OCH3 is 1. The van der Waals surface area contributed by atoms with Crippen LogP contribution in [0.3, 0.4) is 0 Å². The fourth-order valence-corrected chi connectivity index (χ4v) is 3.34. The Kier molecular flexibility index (Phi) is 2.73. The molecule has 3 heterocycles. The van der Waals surface area contributed by atoms with Gasteiger partial charge in [-0.15, -0.1) is 0 Å². The molecule has 2 aliphatic rings. The molecule has 0 spiro atoms. The van der Waals surface area contributed by atoms with Crippen LogP contribution in [0.2, 0.25) is 0 Å². The normalized spacial score (nSPS) is 27.9. The van der Waals surface area contributed by atoms with Gasteiger partial charge < -0.3 is 14.6 Å². The lowest BCUT2D eigenvalue weighted by molar-refractivity contribution is 0.329. The molecule has 3 unspecified atom stereocenters. The zero-order valence-corrected chi connectivity index (χ0v) is 11.4. The Hall–Kier alpha value is -1.88. The van der Waals surface area contributed by atoms with E-state index < -0.39 is 0 Å². The molecule has 3 atom stereocenters. The molecule has 104 valence electrons. The Labute approximate surface area is 117 Å². The van der Waals surface area contributed by atoms with Gasteiger partial charge in [-0.05, 0) is 43.5 Å². The third-order valence-corrected chi connectivity index (χ3v) is 4.41. The van der Waals surface area contributed by atoms with Gasteiger partial charge in [-0.1, -0.05) is 5.16 Å². The topological polar surface area (TPSA) is 60.2 Å². The van der Waals surface area contributed by atoms with Gasteiger partial charge >= 0.3 is 0 Å². The number of rotatable bonds is 3. The largest absolute Gasteiger partial charge is 0.497 e. The van der Waals surface area contributed by atoms with Crippen molar-refractivity contribution < 1.29 is 9.26 Å². The van der Waals surface area contributed by atoms with E-state index in [1.54, 1.807) is 7.11 Å². The molecule has 1 aromatic heterocycles. The lowest BCUT2D eigenvalue weighted by Crippen LogP contribution is -2.21. The predicted molar refractivity (Wildman–Crippen MR) is 73.6 cm³/mol. The van der Waals surface area contributed by atoms with Crippen LogP contribution < -0.4 is 10.1 Å². The Bertz CT molecular complexity index is 608. The van der Waals surface area contributed by atoms with Gasteiger partial charge in [-0.3, -0.25) is 0 Å². The number of hydrogen-bond donors (Lipinski definition) is 1. The third kappa shape index (κ3) is 1.89. The van der Waals surface area contributed by atoms with Crippen molar-refractivity contribution in [2.24, 2.45) is 0 Å². The van der Waals surface area contributed by atoms with Crippen molar-refractivity contribution >= 4 is 0 Å². The highest BCUT2D eigenvalue weighted by molar-refractivity contribution is 5.55. The fourth-order valence-electron chi connectivity index (χ4n) is 3.34. The third-order valence-electron chi connectivity index (χ3n) is 4.41. The fraction of sp³-hybridized carbons (Fsp3) is 0.467. The number of aromatic nitrogens is 2. The maximum absolute atomic E-state index is 5.48. The van der Waals surface area contributed by atoms with Gasteiger partial charge in [0.25, 0.3) is 0 Å². The van der Waals surface area contributed by atoms with E-state index >= 15 is 0 Å². The van der Waals surface area contributed by atoms with E-state index in [0.29, 0.717) is 23.8 Å². The summed E-state index contributed by atoms with van der Waals surface area (Å²) in [6.45, 7) is 0. The van der Waals surface area contributed by atoms with Crippen molar-refractivity contribution in [1.82, 2.24) is 15.5 Å². The number of benzene rings is 1. The molecule has 5 nitrogen and oxygen atoms in total. The Balaban J connectivity index is 1.58. The van der Waals surface area contributed by atoms with Crippen molar-refractivity contribution in [3.63, 3.8) is 0 Å². The lowest BCUT2D eigenvalue weighted by atomic mass is 9.89. The van der Waals surface area contributed by atoms with Crippen molar-refractivity contribution in [3.8, 4) is 17.1 Å². The summed E-state index contributed by atoms with van der Waals surface area (Å²) in [4.78, 5) is 4.58. The maximum atomic E-state index is 5.48. The molecule has 0 saturated carbocycles. The average molecular weight is 271 g/mol. The second-order valence-electron chi connectivity index (χ2n) is 5.57. The monoisotopic (exact) mass is 271 g/mol. The minimum absolute atomic E-state index is 0.383. The molecular formula is C15H17N3O2. The van der Waals surface area contributed by atoms with Gasteiger partial charge in [0.05, 0.1) is 13.0 Å². The zero-order valence-electron chi connectivity index (χ0n) is 11.4. The lowest BCUT2D eigenvalue weighted by Gasteiger charge is -2.15. The van der Waals surface area contributed by atoms with Crippen LogP contribution in [0.15, 0.2) is 28.8 Å². The summed E-state index contributed by atoms with van der Waals surface area (Å²) in [5, 5.41) is 7.71. The van der Waals surface area contributed by atoms with Gasteiger partial charge in [0.2, 0.25) is 11.7 Å². The number of hydrogen-bond acceptors (Lipinski definition) is 5. The smallest absolute Gasteiger partial charge is 0.231 e. The molecule has 2 aliphatic heterocycles. The summed E-state index contributed by atoms with van der Waals surface area (Å²) in [7, 11) is 1.66. The molecule has 5 heteroatoms. The molecule has 1 N–H and O–H groups in total. The summed E-state index contributed by atoms with van der Waals surface area (Å²) in [6, 6.07) is 8.87. The van der Waals surface area contributed by atoms with E-state index in [9.17, 15) is 0 Å². The second kappa shape index (κ2) is 4.59. The molecule has 2 saturated heterocycles. The summed E-state index contributed by atoms with van der Waals surface area (Å²) in [5.74, 6) is 2.64. The highest BCUT2D eigenvalue weighted by atomic mass is 16.5. The number of fused-ring (bicyclic) bond motifs is 2. The first kappa shape index (κ1) is 11.9. The van der Waals surface area contributed by atoms with E-state index in [1.807, 2.05) is 24.3 Å². The van der Waals surface area contributed by atoms with Gasteiger partial charge in [-0.2, -0.15) is 4.98 Å². The van der Waals surface area contributed by atoms with Crippen LogP contribution in [0.4, 0.5) is 0 Å². The average Bonchev–Trinajstić information content (AvgIpc) is 3.23. The molecular weight excluding hydrogens is 254 g/mol. The Morgan fingerprint density at radius 2 is 2.10 bits per heavy atom. The van der Waals surface area contributed by atoms with Crippen LogP contribution in [0.5, 0.6) is 5.75 Å². The number of ether oxygens (including phenoxy) is 1. The highest BCUT2D eigenvalue weighted by Crippen LogP contribution is 2.39. The van der Waals surface area contributed by atoms with Crippen LogP contribution in [-0.4, -0.2) is 29.3 Å². The molecule has 0 aliphatic carbocycles. The zero-order chi connectivity index (χ0) is 13.5. The summed E-state index contributed by atoms with van der Waals surface area (Å²) >= 11 is 0. The van der Waals surface area contributed by atoms with E-state index in [2.05, 4.69) is 15.5 Å². The highest BCUT2D eigenvalue weighted by Gasteiger charge is 2.42. The molecule has 20 heavy (non-hydrogen) atoms. The van der Waals surface area contributed by atoms with Gasteiger partial charge in [-0.25, -0.2) is 0 Å². The van der Waals surface area contributed by atoms with E-state index in [-0.39, 0.29) is 0 Å². The van der Waals surface area contributed by atoms with Crippen molar-refractivity contribution in [3.05, 3.63) is 30.2 Å². The van der Waals surface area contributed by atoms with Gasteiger partial charge in [0.15, 0.2) is 0 Å². The Morgan fingerprint density at radius 3 is 2.75 bits per heavy atom. The van der Waals surface area contributed by atoms with Crippen LogP contribution >= 0.6 is 0 Å². The van der Waals surface area contributed by atoms with E-state index in [1.165, 1.54) is 12.8 Å². The molecule has 1 aromatic carbocycles. The molecule has 0 radical (unpaired) electrons. The van der Waals surface area contributed by atoms with Crippen LogP contribution in [0.1, 0.15) is 31.1 Å². The standard InChI is InChI=1S/C15H17N3O2/c1-19-11-5-2-9(3-6-11)14-17-15(20-18-14)12-8-10-4-7-13(12)16-10/h2-3,5-6,10,12-13,16H,4,7-8H2,1H3. The van der Waals surface area contributed by atoms with Crippen molar-refractivity contribution in [2.45, 2.75) is 37.3 Å². The maximum Gasteiger partial charge on any atom is 0.231 e. The first-order chi connectivity index (χ1) is 9.83. The molecule has 0 amide bonds. The van der Waals surface area contributed by atoms with Crippen molar-refractivity contribution in [1.29, 1.82) is 0 Å². The first-order valence-electron chi connectivity index (χ1n) is 7.07. The molecule has 2 aromatic rings. The molecule has 2 bridgehead atoms. The summed E-state index contributed by atoms with van der Waals surface area (Å²) in [5.41, 5.74) is 0.955. The Morgan fingerprint density at radius 1 is 1.25 bits per heavy atom. The minimum atomic E-state index is 0.383. The van der Waals surface area contributed by atoms with E-state index in [4.69, 9.17) is 9.26 Å². The first-order valence-corrected chi connectivity index (χ1v) is 7.07. The summed E-state index contributed by atoms with van der Waals surface area (Å²) < 4.78 is 10.6. The minimum Gasteiger partial charge on any atom is -0.497 e. The number of nitrogens with one attached hydrogen (secondary N) is 1. The summed E-state index contributed by atoms with van der Waals surface area (Å²) in [6.07, 6.45) is 3.62. The predicted octanol–water partition coefficient (Wildman–Crippen LogP) is 2.35.